The van der Waals surface area contributed by atoms with Crippen molar-refractivity contribution in [1.29, 1.82) is 0 Å². The molecule has 3 rings (SSSR count). The predicted octanol–water partition coefficient (Wildman–Crippen LogP) is 4.46. The lowest BCUT2D eigenvalue weighted by molar-refractivity contribution is -0.113. The maximum atomic E-state index is 12.0. The Morgan fingerprint density at radius 2 is 2.08 bits per heavy atom. The van der Waals surface area contributed by atoms with E-state index in [1.165, 1.54) is 11.8 Å². The fraction of sp³-hybridized carbons (Fsp3) is 0.0625. The summed E-state index contributed by atoms with van der Waals surface area (Å²) in [6, 6.07) is 15.0. The van der Waals surface area contributed by atoms with E-state index in [0.717, 1.165) is 14.8 Å². The van der Waals surface area contributed by atoms with Gasteiger partial charge in [-0.1, -0.05) is 41.6 Å². The highest BCUT2D eigenvalue weighted by Crippen LogP contribution is 2.26. The van der Waals surface area contributed by atoms with Gasteiger partial charge in [0.2, 0.25) is 11.1 Å². The summed E-state index contributed by atoms with van der Waals surface area (Å²) in [7, 11) is 0. The van der Waals surface area contributed by atoms with Crippen molar-refractivity contribution < 1.29 is 4.79 Å². The summed E-state index contributed by atoms with van der Waals surface area (Å²) in [5, 5.41) is 10.9. The zero-order chi connectivity index (χ0) is 16.9. The highest BCUT2D eigenvalue weighted by molar-refractivity contribution is 14.1. The summed E-state index contributed by atoms with van der Waals surface area (Å²) in [6.07, 6.45) is 0. The highest BCUT2D eigenvalue weighted by atomic mass is 127. The number of nitrogens with zero attached hydrogens (tertiary/aromatic N) is 2. The van der Waals surface area contributed by atoms with Crippen molar-refractivity contribution in [3.8, 4) is 11.4 Å². The topological polar surface area (TPSA) is 70.7 Å². The molecule has 0 atom stereocenters. The molecule has 0 aliphatic rings. The van der Waals surface area contributed by atoms with Crippen LogP contribution in [-0.4, -0.2) is 26.8 Å². The second kappa shape index (κ2) is 8.00. The summed E-state index contributed by atoms with van der Waals surface area (Å²) in [5.74, 6) is 0.706. The van der Waals surface area contributed by atoms with Crippen LogP contribution < -0.4 is 5.32 Å². The molecule has 0 bridgehead atoms. The molecule has 8 heteroatoms. The van der Waals surface area contributed by atoms with Crippen LogP contribution in [-0.2, 0) is 4.79 Å². The molecule has 2 N–H and O–H groups in total. The van der Waals surface area contributed by atoms with Gasteiger partial charge in [-0.15, -0.1) is 5.10 Å². The molecule has 0 spiro atoms. The number of H-pyrrole nitrogens is 1. The van der Waals surface area contributed by atoms with E-state index in [4.69, 9.17) is 11.6 Å². The van der Waals surface area contributed by atoms with Gasteiger partial charge in [0.1, 0.15) is 0 Å². The van der Waals surface area contributed by atoms with E-state index in [1.54, 1.807) is 6.07 Å². The number of thioether (sulfide) groups is 1. The number of hydrogen-bond acceptors (Lipinski definition) is 4. The maximum Gasteiger partial charge on any atom is 0.234 e. The van der Waals surface area contributed by atoms with Gasteiger partial charge in [-0.25, -0.2) is 4.98 Å². The van der Waals surface area contributed by atoms with Crippen molar-refractivity contribution in [2.45, 2.75) is 5.16 Å². The second-order valence-corrected chi connectivity index (χ2v) is 7.39. The van der Waals surface area contributed by atoms with Crippen LogP contribution in [0.5, 0.6) is 0 Å². The number of carbonyl (C=O) groups excluding carboxylic acids is 1. The van der Waals surface area contributed by atoms with Crippen molar-refractivity contribution in [3.63, 3.8) is 0 Å². The van der Waals surface area contributed by atoms with Gasteiger partial charge in [-0.3, -0.25) is 9.89 Å². The summed E-state index contributed by atoms with van der Waals surface area (Å²) in [6.45, 7) is 0. The average Bonchev–Trinajstić information content (AvgIpc) is 3.02. The van der Waals surface area contributed by atoms with E-state index in [2.05, 4.69) is 43.1 Å². The molecule has 1 heterocycles. The Balaban J connectivity index is 1.59. The molecule has 5 nitrogen and oxygen atoms in total. The monoisotopic (exact) mass is 470 g/mol. The highest BCUT2D eigenvalue weighted by Gasteiger charge is 2.11. The Bertz CT molecular complexity index is 871. The lowest BCUT2D eigenvalue weighted by Crippen LogP contribution is -2.14. The first-order valence-electron chi connectivity index (χ1n) is 6.97. The molecule has 2 aromatic carbocycles. The number of hydrogen-bond donors (Lipinski definition) is 2. The smallest absolute Gasteiger partial charge is 0.234 e. The first-order valence-corrected chi connectivity index (χ1v) is 9.41. The van der Waals surface area contributed by atoms with Gasteiger partial charge in [0, 0.05) is 14.8 Å². The fourth-order valence-electron chi connectivity index (χ4n) is 1.98. The van der Waals surface area contributed by atoms with E-state index in [9.17, 15) is 4.79 Å². The number of aromatic nitrogens is 3. The molecule has 122 valence electrons. The quantitative estimate of drug-likeness (QED) is 0.427. The number of benzene rings is 2. The lowest BCUT2D eigenvalue weighted by Gasteiger charge is -2.04. The number of rotatable bonds is 5. The largest absolute Gasteiger partial charge is 0.325 e. The van der Waals surface area contributed by atoms with E-state index < -0.39 is 0 Å². The molecule has 0 unspecified atom stereocenters. The molecular weight excluding hydrogens is 459 g/mol. The molecular formula is C16H12ClIN4OS. The van der Waals surface area contributed by atoms with Crippen LogP contribution in [0.25, 0.3) is 11.4 Å². The average molecular weight is 471 g/mol. The predicted molar refractivity (Wildman–Crippen MR) is 105 cm³/mol. The minimum atomic E-state index is -0.105. The molecule has 0 fully saturated rings. The molecule has 0 saturated heterocycles. The van der Waals surface area contributed by atoms with E-state index in [1.807, 2.05) is 42.5 Å². The summed E-state index contributed by atoms with van der Waals surface area (Å²) in [5.41, 5.74) is 1.56. The third-order valence-corrected chi connectivity index (χ3v) is 4.88. The van der Waals surface area contributed by atoms with E-state index in [0.29, 0.717) is 16.0 Å². The SMILES string of the molecule is O=C(CSc1n[nH]c(-c2ccccc2Cl)n1)Nc1cccc(I)c1. The van der Waals surface area contributed by atoms with Crippen molar-refractivity contribution in [3.05, 3.63) is 57.1 Å². The van der Waals surface area contributed by atoms with Gasteiger partial charge in [0.05, 0.1) is 10.8 Å². The van der Waals surface area contributed by atoms with Crippen molar-refractivity contribution in [1.82, 2.24) is 15.2 Å². The molecule has 0 aliphatic carbocycles. The number of halogens is 2. The zero-order valence-corrected chi connectivity index (χ0v) is 16.0. The molecule has 0 aliphatic heterocycles. The Morgan fingerprint density at radius 3 is 2.88 bits per heavy atom. The maximum absolute atomic E-state index is 12.0. The standard InChI is InChI=1S/C16H12ClIN4OS/c17-13-7-2-1-6-12(13)15-20-16(22-21-15)24-9-14(23)19-11-5-3-4-10(18)8-11/h1-8H,9H2,(H,19,23)(H,20,21,22). The molecule has 1 aromatic heterocycles. The number of nitrogens with one attached hydrogen (secondary N) is 2. The number of carbonyl (C=O) groups is 1. The first kappa shape index (κ1) is 17.2. The van der Waals surface area contributed by atoms with Crippen LogP contribution in [0.1, 0.15) is 0 Å². The molecule has 0 saturated carbocycles. The van der Waals surface area contributed by atoms with Crippen molar-refractivity contribution >= 4 is 57.5 Å². The second-order valence-electron chi connectivity index (χ2n) is 4.79. The molecule has 1 amide bonds. The van der Waals surface area contributed by atoms with Crippen LogP contribution in [0.3, 0.4) is 0 Å². The fourth-order valence-corrected chi connectivity index (χ4v) is 3.34. The lowest BCUT2D eigenvalue weighted by atomic mass is 10.2. The normalized spacial score (nSPS) is 10.6. The van der Waals surface area contributed by atoms with Crippen molar-refractivity contribution in [2.75, 3.05) is 11.1 Å². The number of anilines is 1. The van der Waals surface area contributed by atoms with E-state index >= 15 is 0 Å². The van der Waals surface area contributed by atoms with Gasteiger partial charge in [0.15, 0.2) is 5.82 Å². The Hall–Kier alpha value is -1.58. The van der Waals surface area contributed by atoms with Gasteiger partial charge in [-0.05, 0) is 52.9 Å². The summed E-state index contributed by atoms with van der Waals surface area (Å²) in [4.78, 5) is 16.4. The van der Waals surface area contributed by atoms with Gasteiger partial charge < -0.3 is 5.32 Å². The third-order valence-electron chi connectivity index (χ3n) is 3.03. The number of aromatic amines is 1. The Labute approximate surface area is 161 Å². The minimum Gasteiger partial charge on any atom is -0.325 e. The van der Waals surface area contributed by atoms with Crippen molar-refractivity contribution in [2.24, 2.45) is 0 Å². The Kier molecular flexibility index (Phi) is 5.75. The van der Waals surface area contributed by atoms with Gasteiger partial charge in [-0.2, -0.15) is 0 Å². The molecule has 3 aromatic rings. The summed E-state index contributed by atoms with van der Waals surface area (Å²) >= 11 is 9.60. The van der Waals surface area contributed by atoms with Crippen LogP contribution in [0.15, 0.2) is 53.7 Å². The minimum absolute atomic E-state index is 0.105. The van der Waals surface area contributed by atoms with Gasteiger partial charge in [0.25, 0.3) is 0 Å². The van der Waals surface area contributed by atoms with Crippen LogP contribution in [0.4, 0.5) is 5.69 Å². The third kappa shape index (κ3) is 4.49. The van der Waals surface area contributed by atoms with Crippen LogP contribution >= 0.6 is 46.0 Å². The molecule has 0 radical (unpaired) electrons. The summed E-state index contributed by atoms with van der Waals surface area (Å²) < 4.78 is 1.07. The van der Waals surface area contributed by atoms with Crippen LogP contribution in [0, 0.1) is 3.57 Å². The first-order chi connectivity index (χ1) is 11.6. The molecule has 24 heavy (non-hydrogen) atoms. The van der Waals surface area contributed by atoms with Crippen LogP contribution in [0.2, 0.25) is 5.02 Å². The Morgan fingerprint density at radius 1 is 1.25 bits per heavy atom. The number of amides is 1. The zero-order valence-electron chi connectivity index (χ0n) is 12.3. The van der Waals surface area contributed by atoms with E-state index in [-0.39, 0.29) is 11.7 Å². The van der Waals surface area contributed by atoms with Gasteiger partial charge >= 0.3 is 0 Å².